The zero-order chi connectivity index (χ0) is 25.5. The van der Waals surface area contributed by atoms with Gasteiger partial charge in [-0.25, -0.2) is 13.2 Å². The van der Waals surface area contributed by atoms with Crippen molar-refractivity contribution >= 4 is 0 Å². The minimum absolute atomic E-state index is 0.201. The Balaban J connectivity index is 1.45. The lowest BCUT2D eigenvalue weighted by Gasteiger charge is -2.29. The molecule has 4 rings (SSSR count). The smallest absolute Gasteiger partial charge is 0.166 e. The Kier molecular flexibility index (Phi) is 9.03. The van der Waals surface area contributed by atoms with E-state index in [9.17, 15) is 8.78 Å². The number of ether oxygens (including phenoxy) is 1. The fraction of sp³-hybridized carbons (Fsp3) is 0.375. The van der Waals surface area contributed by atoms with E-state index in [2.05, 4.69) is 12.2 Å². The van der Waals surface area contributed by atoms with Crippen LogP contribution >= 0.6 is 0 Å². The number of allylic oxidation sites excluding steroid dienone is 2. The number of rotatable bonds is 9. The van der Waals surface area contributed by atoms with Crippen molar-refractivity contribution in [1.29, 1.82) is 0 Å². The molecule has 0 aliphatic carbocycles. The second-order valence-corrected chi connectivity index (χ2v) is 9.70. The van der Waals surface area contributed by atoms with Gasteiger partial charge in [0, 0.05) is 17.0 Å². The lowest BCUT2D eigenvalue weighted by Crippen LogP contribution is -2.24. The summed E-state index contributed by atoms with van der Waals surface area (Å²) in [6, 6.07) is 15.6. The zero-order valence-corrected chi connectivity index (χ0v) is 21.2. The van der Waals surface area contributed by atoms with Crippen LogP contribution in [0.4, 0.5) is 13.2 Å². The van der Waals surface area contributed by atoms with Gasteiger partial charge < -0.3 is 4.74 Å². The molecule has 0 N–H and O–H groups in total. The van der Waals surface area contributed by atoms with Crippen LogP contribution in [0.1, 0.15) is 69.4 Å². The topological polar surface area (TPSA) is 9.23 Å². The third-order valence-corrected chi connectivity index (χ3v) is 7.19. The Hall–Kier alpha value is -2.85. The van der Waals surface area contributed by atoms with Crippen LogP contribution in [0.25, 0.3) is 22.3 Å². The average molecular weight is 493 g/mol. The summed E-state index contributed by atoms with van der Waals surface area (Å²) >= 11 is 0. The summed E-state index contributed by atoms with van der Waals surface area (Å²) in [5.74, 6) is -1.69. The fourth-order valence-corrected chi connectivity index (χ4v) is 4.97. The van der Waals surface area contributed by atoms with Gasteiger partial charge in [0.2, 0.25) is 0 Å². The van der Waals surface area contributed by atoms with Crippen molar-refractivity contribution in [2.75, 3.05) is 6.61 Å². The van der Waals surface area contributed by atoms with Crippen molar-refractivity contribution in [3.05, 3.63) is 95.3 Å². The van der Waals surface area contributed by atoms with E-state index in [1.54, 1.807) is 48.5 Å². The molecular weight excluding hydrogens is 457 g/mol. The summed E-state index contributed by atoms with van der Waals surface area (Å²) in [5.41, 5.74) is 3.35. The van der Waals surface area contributed by atoms with Gasteiger partial charge in [0.05, 0.1) is 12.7 Å². The first-order valence-electron chi connectivity index (χ1n) is 13.1. The molecule has 190 valence electrons. The molecule has 36 heavy (non-hydrogen) atoms. The molecule has 0 radical (unpaired) electrons. The van der Waals surface area contributed by atoms with Crippen LogP contribution < -0.4 is 0 Å². The van der Waals surface area contributed by atoms with Crippen molar-refractivity contribution in [3.8, 4) is 22.3 Å². The highest BCUT2D eigenvalue weighted by Gasteiger charge is 2.23. The first-order chi connectivity index (χ1) is 17.5. The lowest BCUT2D eigenvalue weighted by molar-refractivity contribution is -0.000225. The maximum absolute atomic E-state index is 15.1. The van der Waals surface area contributed by atoms with Gasteiger partial charge in [0.25, 0.3) is 0 Å². The van der Waals surface area contributed by atoms with Crippen LogP contribution in [0.3, 0.4) is 0 Å². The molecule has 2 unspecified atom stereocenters. The van der Waals surface area contributed by atoms with Crippen molar-refractivity contribution in [1.82, 2.24) is 0 Å². The van der Waals surface area contributed by atoms with Crippen LogP contribution in [-0.2, 0) is 11.2 Å². The predicted octanol–water partition coefficient (Wildman–Crippen LogP) is 9.40. The van der Waals surface area contributed by atoms with Gasteiger partial charge in [0.15, 0.2) is 11.6 Å². The number of aryl methyl sites for hydroxylation is 1. The van der Waals surface area contributed by atoms with Gasteiger partial charge in [0.1, 0.15) is 5.82 Å². The number of halogens is 3. The highest BCUT2D eigenvalue weighted by molar-refractivity contribution is 5.71. The zero-order valence-electron chi connectivity index (χ0n) is 21.2. The highest BCUT2D eigenvalue weighted by atomic mass is 19.2. The molecule has 1 nitrogen and oxygen atoms in total. The number of unbranched alkanes of at least 4 members (excludes halogenated alkanes) is 1. The molecule has 3 aromatic rings. The Morgan fingerprint density at radius 2 is 1.61 bits per heavy atom. The minimum Gasteiger partial charge on any atom is -0.378 e. The first kappa shape index (κ1) is 26.2. The van der Waals surface area contributed by atoms with Crippen LogP contribution in [0, 0.1) is 17.5 Å². The monoisotopic (exact) mass is 492 g/mol. The second kappa shape index (κ2) is 12.4. The highest BCUT2D eigenvalue weighted by Crippen LogP contribution is 2.34. The van der Waals surface area contributed by atoms with E-state index in [0.29, 0.717) is 35.3 Å². The number of hydrogen-bond acceptors (Lipinski definition) is 1. The molecule has 3 aromatic carbocycles. The summed E-state index contributed by atoms with van der Waals surface area (Å²) in [7, 11) is 0. The predicted molar refractivity (Wildman–Crippen MR) is 142 cm³/mol. The Bertz CT molecular complexity index is 1170. The maximum Gasteiger partial charge on any atom is 0.166 e. The third-order valence-electron chi connectivity index (χ3n) is 7.19. The van der Waals surface area contributed by atoms with E-state index in [-0.39, 0.29) is 23.4 Å². The summed E-state index contributed by atoms with van der Waals surface area (Å²) in [4.78, 5) is 0. The maximum atomic E-state index is 15.1. The lowest BCUT2D eigenvalue weighted by atomic mass is 9.89. The standard InChI is InChI=1S/C32H35F3O/c1-3-5-7-9-27-17-14-26(21-36-27)25-16-18-28(30(33)20-25)22-10-12-23(13-11-22)29-19-15-24(8-6-4-2)31(34)32(29)35/h3,5,10-13,15-16,18-20,26-27H,4,6-9,14,17,21H2,1-2H3. The van der Waals surface area contributed by atoms with Crippen molar-refractivity contribution < 1.29 is 17.9 Å². The van der Waals surface area contributed by atoms with Crippen molar-refractivity contribution in [2.24, 2.45) is 0 Å². The Labute approximate surface area is 213 Å². The van der Waals surface area contributed by atoms with Crippen molar-refractivity contribution in [3.63, 3.8) is 0 Å². The summed E-state index contributed by atoms with van der Waals surface area (Å²) in [5, 5.41) is 0. The number of benzene rings is 3. The molecule has 0 aromatic heterocycles. The van der Waals surface area contributed by atoms with E-state index in [1.165, 1.54) is 0 Å². The summed E-state index contributed by atoms with van der Waals surface area (Å²) < 4.78 is 50.4. The fourth-order valence-electron chi connectivity index (χ4n) is 4.97. The molecule has 4 heteroatoms. The van der Waals surface area contributed by atoms with Crippen LogP contribution in [-0.4, -0.2) is 12.7 Å². The van der Waals surface area contributed by atoms with E-state index >= 15 is 4.39 Å². The van der Waals surface area contributed by atoms with Gasteiger partial charge in [-0.3, -0.25) is 0 Å². The molecule has 1 saturated heterocycles. The van der Waals surface area contributed by atoms with Gasteiger partial charge in [-0.05, 0) is 73.8 Å². The molecule has 1 fully saturated rings. The van der Waals surface area contributed by atoms with Gasteiger partial charge in [-0.15, -0.1) is 0 Å². The van der Waals surface area contributed by atoms with Crippen LogP contribution in [0.15, 0.2) is 66.7 Å². The molecule has 1 aliphatic heterocycles. The normalized spacial score (nSPS) is 18.1. The molecular formula is C32H35F3O. The first-order valence-corrected chi connectivity index (χ1v) is 13.1. The SMILES string of the molecule is CC=CCCC1CCC(c2ccc(-c3ccc(-c4ccc(CCCC)c(F)c4F)cc3)c(F)c2)CO1. The Morgan fingerprint density at radius 3 is 2.25 bits per heavy atom. The van der Waals surface area contributed by atoms with Gasteiger partial charge >= 0.3 is 0 Å². The molecule has 0 amide bonds. The third kappa shape index (κ3) is 6.10. The van der Waals surface area contributed by atoms with Crippen LogP contribution in [0.5, 0.6) is 0 Å². The quantitative estimate of drug-likeness (QED) is 0.270. The molecule has 1 heterocycles. The van der Waals surface area contributed by atoms with Gasteiger partial charge in [-0.1, -0.05) is 74.0 Å². The molecule has 1 aliphatic rings. The van der Waals surface area contributed by atoms with Crippen molar-refractivity contribution in [2.45, 2.75) is 70.8 Å². The van der Waals surface area contributed by atoms with Gasteiger partial charge in [-0.2, -0.15) is 0 Å². The Morgan fingerprint density at radius 1 is 0.889 bits per heavy atom. The van der Waals surface area contributed by atoms with E-state index < -0.39 is 11.6 Å². The molecule has 0 bridgehead atoms. The largest absolute Gasteiger partial charge is 0.378 e. The number of hydrogen-bond donors (Lipinski definition) is 0. The summed E-state index contributed by atoms with van der Waals surface area (Å²) in [6.07, 6.45) is 10.8. The van der Waals surface area contributed by atoms with E-state index in [0.717, 1.165) is 44.1 Å². The molecule has 0 saturated carbocycles. The minimum atomic E-state index is -0.828. The summed E-state index contributed by atoms with van der Waals surface area (Å²) in [6.45, 7) is 4.67. The van der Waals surface area contributed by atoms with Crippen LogP contribution in [0.2, 0.25) is 0 Å². The van der Waals surface area contributed by atoms with E-state index in [4.69, 9.17) is 4.74 Å². The molecule has 2 atom stereocenters. The van der Waals surface area contributed by atoms with E-state index in [1.807, 2.05) is 19.9 Å². The average Bonchev–Trinajstić information content (AvgIpc) is 2.90. The second-order valence-electron chi connectivity index (χ2n) is 9.70. The molecule has 0 spiro atoms.